The zero-order chi connectivity index (χ0) is 14.2. The Morgan fingerprint density at radius 1 is 1.24 bits per heavy atom. The maximum absolute atomic E-state index is 5.32. The van der Waals surface area contributed by atoms with Crippen molar-refractivity contribution in [2.45, 2.75) is 25.3 Å². The molecule has 0 spiro atoms. The van der Waals surface area contributed by atoms with E-state index in [1.54, 1.807) is 0 Å². The largest absolute Gasteiger partial charge is 0.337 e. The lowest BCUT2D eigenvalue weighted by molar-refractivity contribution is 0.379. The molecule has 106 valence electrons. The molecule has 1 fully saturated rings. The summed E-state index contributed by atoms with van der Waals surface area (Å²) in [7, 11) is 1.98. The molecule has 4 rings (SSSR count). The summed E-state index contributed by atoms with van der Waals surface area (Å²) in [4.78, 5) is 11.0. The van der Waals surface area contributed by atoms with E-state index >= 15 is 0 Å². The van der Waals surface area contributed by atoms with Crippen molar-refractivity contribution in [1.29, 1.82) is 0 Å². The Kier molecular flexibility index (Phi) is 2.84. The van der Waals surface area contributed by atoms with Crippen molar-refractivity contribution < 1.29 is 4.52 Å². The van der Waals surface area contributed by atoms with E-state index in [9.17, 15) is 0 Å². The predicted octanol–water partition coefficient (Wildman–Crippen LogP) is 3.13. The molecule has 1 aromatic carbocycles. The first kappa shape index (κ1) is 12.3. The Hall–Kier alpha value is -2.43. The Bertz CT molecular complexity index is 773. The van der Waals surface area contributed by atoms with Gasteiger partial charge in [0.2, 0.25) is 5.89 Å². The van der Waals surface area contributed by atoms with E-state index in [4.69, 9.17) is 4.52 Å². The van der Waals surface area contributed by atoms with Gasteiger partial charge in [-0.2, -0.15) is 4.98 Å². The summed E-state index contributed by atoms with van der Waals surface area (Å²) in [5.74, 6) is 1.90. The third-order valence-corrected chi connectivity index (χ3v) is 3.82. The van der Waals surface area contributed by atoms with Gasteiger partial charge in [0.05, 0.1) is 5.52 Å². The topological polar surface area (TPSA) is 55.1 Å². The molecular formula is C16H16N4O. The van der Waals surface area contributed by atoms with E-state index in [0.717, 1.165) is 22.4 Å². The highest BCUT2D eigenvalue weighted by Crippen LogP contribution is 2.39. The molecule has 1 saturated carbocycles. The summed E-state index contributed by atoms with van der Waals surface area (Å²) in [5.41, 5.74) is 2.19. The standard InChI is InChI=1S/C16H16N4O/c1-20(16-18-15(21-19-16)12-7-8-12)10-13-5-2-4-11-6-3-9-17-14(11)13/h2-6,9,12H,7-8,10H2,1H3. The van der Waals surface area contributed by atoms with E-state index in [1.807, 2.05) is 24.2 Å². The third kappa shape index (κ3) is 2.35. The lowest BCUT2D eigenvalue weighted by Crippen LogP contribution is -2.18. The molecule has 2 heterocycles. The van der Waals surface area contributed by atoms with Gasteiger partial charge in [0.1, 0.15) is 0 Å². The van der Waals surface area contributed by atoms with E-state index in [0.29, 0.717) is 18.4 Å². The van der Waals surface area contributed by atoms with Crippen LogP contribution in [-0.2, 0) is 6.54 Å². The minimum atomic E-state index is 0.485. The molecule has 5 nitrogen and oxygen atoms in total. The molecule has 1 aliphatic carbocycles. The first-order chi connectivity index (χ1) is 10.3. The fraction of sp³-hybridized carbons (Fsp3) is 0.312. The number of hydrogen-bond acceptors (Lipinski definition) is 5. The highest BCUT2D eigenvalue weighted by molar-refractivity contribution is 5.81. The van der Waals surface area contributed by atoms with Gasteiger partial charge in [0, 0.05) is 31.1 Å². The van der Waals surface area contributed by atoms with E-state index < -0.39 is 0 Å². The smallest absolute Gasteiger partial charge is 0.266 e. The van der Waals surface area contributed by atoms with Crippen LogP contribution in [0.4, 0.5) is 5.95 Å². The number of fused-ring (bicyclic) bond motifs is 1. The van der Waals surface area contributed by atoms with Crippen LogP contribution in [0, 0.1) is 0 Å². The van der Waals surface area contributed by atoms with Crippen LogP contribution in [0.2, 0.25) is 0 Å². The molecule has 0 bridgehead atoms. The van der Waals surface area contributed by atoms with Gasteiger partial charge in [-0.25, -0.2) is 0 Å². The molecule has 5 heteroatoms. The van der Waals surface area contributed by atoms with Gasteiger partial charge in [0.25, 0.3) is 5.95 Å². The average Bonchev–Trinajstić information content (AvgIpc) is 3.25. The van der Waals surface area contributed by atoms with E-state index in [-0.39, 0.29) is 0 Å². The van der Waals surface area contributed by atoms with Gasteiger partial charge in [0.15, 0.2) is 0 Å². The van der Waals surface area contributed by atoms with Gasteiger partial charge >= 0.3 is 0 Å². The Labute approximate surface area is 122 Å². The number of nitrogens with zero attached hydrogens (tertiary/aromatic N) is 4. The Morgan fingerprint density at radius 2 is 2.10 bits per heavy atom. The first-order valence-electron chi connectivity index (χ1n) is 7.18. The molecule has 0 saturated heterocycles. The lowest BCUT2D eigenvalue weighted by atomic mass is 10.1. The molecule has 2 aromatic heterocycles. The van der Waals surface area contributed by atoms with Crippen LogP contribution in [0.3, 0.4) is 0 Å². The van der Waals surface area contributed by atoms with E-state index in [1.165, 1.54) is 12.8 Å². The Morgan fingerprint density at radius 3 is 2.95 bits per heavy atom. The van der Waals surface area contributed by atoms with Crippen LogP contribution in [0.1, 0.15) is 30.2 Å². The fourth-order valence-electron chi connectivity index (χ4n) is 2.50. The van der Waals surface area contributed by atoms with Crippen LogP contribution in [0.25, 0.3) is 10.9 Å². The van der Waals surface area contributed by atoms with Crippen molar-refractivity contribution in [2.75, 3.05) is 11.9 Å². The molecule has 0 amide bonds. The Balaban J connectivity index is 1.61. The SMILES string of the molecule is CN(Cc1cccc2cccnc12)c1noc(C2CC2)n1. The van der Waals surface area contributed by atoms with Crippen LogP contribution >= 0.6 is 0 Å². The van der Waals surface area contributed by atoms with Crippen LogP contribution < -0.4 is 4.90 Å². The highest BCUT2D eigenvalue weighted by atomic mass is 16.5. The predicted molar refractivity (Wildman–Crippen MR) is 80.1 cm³/mol. The number of anilines is 1. The van der Waals surface area contributed by atoms with Gasteiger partial charge < -0.3 is 9.42 Å². The van der Waals surface area contributed by atoms with Gasteiger partial charge in [-0.1, -0.05) is 24.3 Å². The molecule has 0 radical (unpaired) electrons. The van der Waals surface area contributed by atoms with Crippen molar-refractivity contribution in [1.82, 2.24) is 15.1 Å². The molecule has 0 atom stereocenters. The summed E-state index contributed by atoms with van der Waals surface area (Å²) in [5, 5.41) is 5.22. The summed E-state index contributed by atoms with van der Waals surface area (Å²) in [6.07, 6.45) is 4.16. The zero-order valence-electron chi connectivity index (χ0n) is 11.9. The van der Waals surface area contributed by atoms with Crippen molar-refractivity contribution >= 4 is 16.9 Å². The van der Waals surface area contributed by atoms with E-state index in [2.05, 4.69) is 39.4 Å². The molecular weight excluding hydrogens is 264 g/mol. The average molecular weight is 280 g/mol. The van der Waals surface area contributed by atoms with Crippen LogP contribution in [0.15, 0.2) is 41.1 Å². The molecule has 1 aliphatic rings. The minimum Gasteiger partial charge on any atom is -0.337 e. The zero-order valence-corrected chi connectivity index (χ0v) is 11.9. The van der Waals surface area contributed by atoms with Crippen molar-refractivity contribution in [2.24, 2.45) is 0 Å². The van der Waals surface area contributed by atoms with Crippen molar-refractivity contribution in [3.8, 4) is 0 Å². The summed E-state index contributed by atoms with van der Waals surface area (Å²) >= 11 is 0. The second-order valence-corrected chi connectivity index (χ2v) is 5.56. The number of pyridine rings is 1. The second-order valence-electron chi connectivity index (χ2n) is 5.56. The number of para-hydroxylation sites is 1. The van der Waals surface area contributed by atoms with Crippen LogP contribution in [-0.4, -0.2) is 22.2 Å². The monoisotopic (exact) mass is 280 g/mol. The maximum Gasteiger partial charge on any atom is 0.266 e. The maximum atomic E-state index is 5.32. The van der Waals surface area contributed by atoms with Crippen molar-refractivity contribution in [3.05, 3.63) is 48.0 Å². The summed E-state index contributed by atoms with van der Waals surface area (Å²) < 4.78 is 5.32. The highest BCUT2D eigenvalue weighted by Gasteiger charge is 2.30. The lowest BCUT2D eigenvalue weighted by Gasteiger charge is -2.15. The van der Waals surface area contributed by atoms with Gasteiger partial charge in [-0.3, -0.25) is 4.98 Å². The second kappa shape index (κ2) is 4.84. The third-order valence-electron chi connectivity index (χ3n) is 3.82. The van der Waals surface area contributed by atoms with Crippen molar-refractivity contribution in [3.63, 3.8) is 0 Å². The summed E-state index contributed by atoms with van der Waals surface area (Å²) in [6, 6.07) is 10.3. The number of benzene rings is 1. The van der Waals surface area contributed by atoms with Crippen LogP contribution in [0.5, 0.6) is 0 Å². The number of hydrogen-bond donors (Lipinski definition) is 0. The minimum absolute atomic E-state index is 0.485. The molecule has 21 heavy (non-hydrogen) atoms. The number of aromatic nitrogens is 3. The van der Waals surface area contributed by atoms with Gasteiger partial charge in [-0.15, -0.1) is 0 Å². The molecule has 3 aromatic rings. The quantitative estimate of drug-likeness (QED) is 0.735. The fourth-order valence-corrected chi connectivity index (χ4v) is 2.50. The summed E-state index contributed by atoms with van der Waals surface area (Å²) in [6.45, 7) is 0.706. The van der Waals surface area contributed by atoms with Gasteiger partial charge in [-0.05, 0) is 29.6 Å². The first-order valence-corrected chi connectivity index (χ1v) is 7.18. The molecule has 0 unspecified atom stereocenters. The molecule has 0 N–H and O–H groups in total. The number of rotatable bonds is 4. The molecule has 0 aliphatic heterocycles. The normalized spacial score (nSPS) is 14.5.